The number of rotatable bonds is 2. The summed E-state index contributed by atoms with van der Waals surface area (Å²) in [6.07, 6.45) is 1.15. The molecule has 0 unspecified atom stereocenters. The molecule has 0 N–H and O–H groups in total. The van der Waals surface area contributed by atoms with Crippen LogP contribution in [0.4, 0.5) is 0 Å². The first-order valence-corrected chi connectivity index (χ1v) is 8.57. The molecule has 0 aliphatic carbocycles. The van der Waals surface area contributed by atoms with Crippen LogP contribution in [0, 0.1) is 13.8 Å². The van der Waals surface area contributed by atoms with E-state index in [0.29, 0.717) is 5.56 Å². The minimum absolute atomic E-state index is 0.0250. The van der Waals surface area contributed by atoms with Gasteiger partial charge in [-0.1, -0.05) is 12.1 Å². The molecule has 3 rings (SSSR count). The Bertz CT molecular complexity index is 1200. The van der Waals surface area contributed by atoms with Gasteiger partial charge in [-0.15, -0.1) is 5.10 Å². The number of hydrogen-bond acceptors (Lipinski definition) is 5. The van der Waals surface area contributed by atoms with E-state index in [0.717, 1.165) is 25.0 Å². The van der Waals surface area contributed by atoms with Crippen molar-refractivity contribution in [3.63, 3.8) is 0 Å². The number of aromatic nitrogens is 4. The molecule has 9 heteroatoms. The maximum absolute atomic E-state index is 12.9. The Morgan fingerprint density at radius 3 is 2.38 bits per heavy atom. The van der Waals surface area contributed by atoms with E-state index in [1.165, 1.54) is 14.1 Å². The van der Waals surface area contributed by atoms with E-state index in [2.05, 4.69) is 5.10 Å². The van der Waals surface area contributed by atoms with Crippen LogP contribution in [0.3, 0.4) is 0 Å². The molecule has 126 valence electrons. The molecular formula is C15H16N4O4S. The highest BCUT2D eigenvalue weighted by molar-refractivity contribution is 7.89. The van der Waals surface area contributed by atoms with Gasteiger partial charge in [0.1, 0.15) is 5.39 Å². The highest BCUT2D eigenvalue weighted by atomic mass is 32.2. The average Bonchev–Trinajstić information content (AvgIpc) is 2.99. The lowest BCUT2D eigenvalue weighted by atomic mass is 10.2. The largest absolute Gasteiger partial charge is 0.332 e. The Hall–Kier alpha value is -2.68. The minimum Gasteiger partial charge on any atom is -0.279 e. The Labute approximate surface area is 137 Å². The predicted molar refractivity (Wildman–Crippen MR) is 88.7 cm³/mol. The second-order valence-electron chi connectivity index (χ2n) is 5.72. The smallest absolute Gasteiger partial charge is 0.279 e. The Kier molecular flexibility index (Phi) is 3.48. The van der Waals surface area contributed by atoms with Gasteiger partial charge in [-0.3, -0.25) is 13.9 Å². The monoisotopic (exact) mass is 348 g/mol. The topological polar surface area (TPSA) is 96.0 Å². The zero-order valence-corrected chi connectivity index (χ0v) is 14.5. The molecule has 0 spiro atoms. The summed E-state index contributed by atoms with van der Waals surface area (Å²) < 4.78 is 28.6. The molecule has 0 saturated heterocycles. The molecule has 2 aromatic heterocycles. The second-order valence-corrected chi connectivity index (χ2v) is 7.48. The standard InChI is InChI=1S/C15H16N4O4S/c1-9-5-6-10(2)12(7-9)24(22,23)19-8-11-13(16-19)17(3)15(21)18(4)14(11)20/h5-8H,1-4H3. The van der Waals surface area contributed by atoms with Crippen molar-refractivity contribution < 1.29 is 8.42 Å². The third kappa shape index (κ3) is 2.20. The molecule has 0 fully saturated rings. The van der Waals surface area contributed by atoms with Crippen LogP contribution in [0.25, 0.3) is 11.0 Å². The highest BCUT2D eigenvalue weighted by Gasteiger charge is 2.23. The van der Waals surface area contributed by atoms with Gasteiger partial charge < -0.3 is 0 Å². The second kappa shape index (κ2) is 5.17. The van der Waals surface area contributed by atoms with Gasteiger partial charge in [0.15, 0.2) is 5.65 Å². The molecule has 0 amide bonds. The number of hydrogen-bond donors (Lipinski definition) is 0. The van der Waals surface area contributed by atoms with Gasteiger partial charge in [0.05, 0.1) is 11.1 Å². The summed E-state index contributed by atoms with van der Waals surface area (Å²) in [5.41, 5.74) is 0.232. The summed E-state index contributed by atoms with van der Waals surface area (Å²) in [7, 11) is -1.20. The Balaban J connectivity index is 2.37. The molecule has 0 saturated carbocycles. The fourth-order valence-electron chi connectivity index (χ4n) is 2.54. The first kappa shape index (κ1) is 16.2. The molecule has 2 heterocycles. The first-order chi connectivity index (χ1) is 11.1. The third-order valence-electron chi connectivity index (χ3n) is 3.97. The van der Waals surface area contributed by atoms with E-state index in [1.54, 1.807) is 26.0 Å². The molecule has 3 aromatic rings. The van der Waals surface area contributed by atoms with Gasteiger partial charge in [0.25, 0.3) is 15.6 Å². The maximum atomic E-state index is 12.9. The Morgan fingerprint density at radius 2 is 1.71 bits per heavy atom. The lowest BCUT2D eigenvalue weighted by molar-refractivity contribution is 0.579. The SMILES string of the molecule is Cc1ccc(C)c(S(=O)(=O)n2cc3c(=O)n(C)c(=O)n(C)c3n2)c1. The first-order valence-electron chi connectivity index (χ1n) is 7.13. The fraction of sp³-hybridized carbons (Fsp3) is 0.267. The van der Waals surface area contributed by atoms with Crippen molar-refractivity contribution in [2.24, 2.45) is 14.1 Å². The number of aryl methyl sites for hydroxylation is 3. The van der Waals surface area contributed by atoms with Gasteiger partial charge in [0.2, 0.25) is 0 Å². The molecule has 24 heavy (non-hydrogen) atoms. The summed E-state index contributed by atoms with van der Waals surface area (Å²) >= 11 is 0. The van der Waals surface area contributed by atoms with Gasteiger partial charge in [-0.05, 0) is 31.0 Å². The summed E-state index contributed by atoms with van der Waals surface area (Å²) in [4.78, 5) is 24.3. The summed E-state index contributed by atoms with van der Waals surface area (Å²) in [5, 5.41) is 4.04. The normalized spacial score (nSPS) is 12.0. The predicted octanol–water partition coefficient (Wildman–Crippen LogP) is 0.288. The van der Waals surface area contributed by atoms with Gasteiger partial charge in [-0.25, -0.2) is 4.79 Å². The van der Waals surface area contributed by atoms with Crippen molar-refractivity contribution in [3.05, 3.63) is 56.4 Å². The van der Waals surface area contributed by atoms with Crippen molar-refractivity contribution in [2.75, 3.05) is 0 Å². The van der Waals surface area contributed by atoms with Gasteiger partial charge in [-0.2, -0.15) is 12.5 Å². The molecule has 0 aliphatic rings. The Morgan fingerprint density at radius 1 is 1.04 bits per heavy atom. The van der Waals surface area contributed by atoms with Crippen molar-refractivity contribution in [1.82, 2.24) is 18.3 Å². The zero-order chi connectivity index (χ0) is 17.8. The highest BCUT2D eigenvalue weighted by Crippen LogP contribution is 2.20. The van der Waals surface area contributed by atoms with E-state index in [-0.39, 0.29) is 15.9 Å². The van der Waals surface area contributed by atoms with E-state index in [9.17, 15) is 18.0 Å². The molecular weight excluding hydrogens is 332 g/mol. The quantitative estimate of drug-likeness (QED) is 0.663. The van der Waals surface area contributed by atoms with Crippen molar-refractivity contribution in [3.8, 4) is 0 Å². The van der Waals surface area contributed by atoms with Crippen molar-refractivity contribution >= 4 is 21.1 Å². The van der Waals surface area contributed by atoms with Crippen LogP contribution in [0.5, 0.6) is 0 Å². The van der Waals surface area contributed by atoms with E-state index < -0.39 is 21.3 Å². The van der Waals surface area contributed by atoms with Crippen molar-refractivity contribution in [2.45, 2.75) is 18.7 Å². The lowest BCUT2D eigenvalue weighted by Crippen LogP contribution is -2.36. The lowest BCUT2D eigenvalue weighted by Gasteiger charge is -2.08. The van der Waals surface area contributed by atoms with E-state index in [4.69, 9.17) is 0 Å². The molecule has 0 atom stereocenters. The number of nitrogens with zero attached hydrogens (tertiary/aromatic N) is 4. The summed E-state index contributed by atoms with van der Waals surface area (Å²) in [6, 6.07) is 5.07. The van der Waals surface area contributed by atoms with Crippen LogP contribution in [0.15, 0.2) is 38.9 Å². The minimum atomic E-state index is -3.97. The van der Waals surface area contributed by atoms with Gasteiger partial charge >= 0.3 is 5.69 Å². The maximum Gasteiger partial charge on any atom is 0.332 e. The van der Waals surface area contributed by atoms with Crippen LogP contribution >= 0.6 is 0 Å². The molecule has 0 radical (unpaired) electrons. The van der Waals surface area contributed by atoms with Crippen LogP contribution in [-0.4, -0.2) is 26.7 Å². The van der Waals surface area contributed by atoms with Crippen molar-refractivity contribution in [1.29, 1.82) is 0 Å². The average molecular weight is 348 g/mol. The van der Waals surface area contributed by atoms with Gasteiger partial charge in [0, 0.05) is 14.1 Å². The molecule has 1 aromatic carbocycles. The summed E-state index contributed by atoms with van der Waals surface area (Å²) in [6.45, 7) is 3.47. The van der Waals surface area contributed by atoms with Crippen LogP contribution in [-0.2, 0) is 24.1 Å². The number of fused-ring (bicyclic) bond motifs is 1. The molecule has 0 aliphatic heterocycles. The van der Waals surface area contributed by atoms with Crippen LogP contribution < -0.4 is 11.2 Å². The third-order valence-corrected chi connectivity index (χ3v) is 5.64. The van der Waals surface area contributed by atoms with E-state index >= 15 is 0 Å². The fourth-order valence-corrected chi connectivity index (χ4v) is 3.98. The summed E-state index contributed by atoms with van der Waals surface area (Å²) in [5.74, 6) is 0. The zero-order valence-electron chi connectivity index (χ0n) is 13.6. The number of benzene rings is 1. The molecule has 8 nitrogen and oxygen atoms in total. The van der Waals surface area contributed by atoms with Crippen LogP contribution in [0.2, 0.25) is 0 Å². The van der Waals surface area contributed by atoms with E-state index in [1.807, 2.05) is 6.07 Å². The molecule has 0 bridgehead atoms. The van der Waals surface area contributed by atoms with Crippen LogP contribution in [0.1, 0.15) is 11.1 Å².